The van der Waals surface area contributed by atoms with Crippen LogP contribution in [-0.4, -0.2) is 34.8 Å². The van der Waals surface area contributed by atoms with Crippen LogP contribution in [0.2, 0.25) is 0 Å². The van der Waals surface area contributed by atoms with Gasteiger partial charge in [-0.1, -0.05) is 19.1 Å². The molecule has 1 atom stereocenters. The van der Waals surface area contributed by atoms with Crippen LogP contribution in [-0.2, 0) is 15.1 Å². The molecular weight excluding hydrogens is 313 g/mol. The van der Waals surface area contributed by atoms with Gasteiger partial charge in [-0.05, 0) is 44.9 Å². The lowest BCUT2D eigenvalue weighted by Crippen LogP contribution is -2.49. The zero-order chi connectivity index (χ0) is 18.1. The molecule has 24 heavy (non-hydrogen) atoms. The molecule has 1 aromatic carbocycles. The summed E-state index contributed by atoms with van der Waals surface area (Å²) in [6.45, 7) is 6.83. The fraction of sp³-hybridized carbons (Fsp3) is 0.471. The molecule has 0 aromatic heterocycles. The fourth-order valence-corrected chi connectivity index (χ4v) is 2.47. The van der Waals surface area contributed by atoms with Crippen LogP contribution in [0.5, 0.6) is 0 Å². The number of amides is 4. The molecule has 0 radical (unpaired) electrons. The first-order chi connectivity index (χ1) is 11.1. The van der Waals surface area contributed by atoms with Crippen molar-refractivity contribution in [3.8, 4) is 0 Å². The van der Waals surface area contributed by atoms with Crippen LogP contribution in [0.3, 0.4) is 0 Å². The Hall–Kier alpha value is -2.44. The Morgan fingerprint density at radius 3 is 2.42 bits per heavy atom. The van der Waals surface area contributed by atoms with E-state index < -0.39 is 34.7 Å². The predicted molar refractivity (Wildman–Crippen MR) is 86.5 cm³/mol. The van der Waals surface area contributed by atoms with E-state index in [0.717, 1.165) is 4.90 Å². The molecule has 130 valence electrons. The summed E-state index contributed by atoms with van der Waals surface area (Å²) in [6, 6.07) is 4.68. The van der Waals surface area contributed by atoms with E-state index in [2.05, 4.69) is 10.6 Å². The number of nitrogens with one attached hydrogen (secondary N) is 2. The monoisotopic (exact) mass is 335 g/mol. The lowest BCUT2D eigenvalue weighted by Gasteiger charge is -2.26. The van der Waals surface area contributed by atoms with Gasteiger partial charge < -0.3 is 10.6 Å². The number of benzene rings is 1. The molecule has 1 heterocycles. The standard InChI is InChI=1S/C17H22FN3O3/c1-5-16(2,3)19-13(22)10-21-14(23)17(4,20-15(21)24)11-6-8-12(18)9-7-11/h6-9H,5,10H2,1-4H3,(H,19,22)(H,20,24). The maximum absolute atomic E-state index is 13.1. The SMILES string of the molecule is CCC(C)(C)NC(=O)CN1C(=O)NC(C)(c2ccc(F)cc2)C1=O. The van der Waals surface area contributed by atoms with E-state index in [1.807, 2.05) is 20.8 Å². The first-order valence-corrected chi connectivity index (χ1v) is 7.80. The van der Waals surface area contributed by atoms with Crippen LogP contribution in [0, 0.1) is 5.82 Å². The highest BCUT2D eigenvalue weighted by Gasteiger charge is 2.49. The first kappa shape index (κ1) is 17.9. The molecule has 0 aliphatic carbocycles. The molecule has 0 spiro atoms. The molecular formula is C17H22FN3O3. The average Bonchev–Trinajstić information content (AvgIpc) is 2.72. The van der Waals surface area contributed by atoms with Crippen molar-refractivity contribution in [3.63, 3.8) is 0 Å². The van der Waals surface area contributed by atoms with Crippen molar-refractivity contribution < 1.29 is 18.8 Å². The molecule has 1 aliphatic heterocycles. The van der Waals surface area contributed by atoms with Crippen molar-refractivity contribution >= 4 is 17.8 Å². The van der Waals surface area contributed by atoms with Crippen molar-refractivity contribution in [2.75, 3.05) is 6.54 Å². The number of urea groups is 1. The quantitative estimate of drug-likeness (QED) is 0.807. The third-order valence-electron chi connectivity index (χ3n) is 4.36. The molecule has 0 saturated carbocycles. The van der Waals surface area contributed by atoms with Gasteiger partial charge in [0.15, 0.2) is 0 Å². The minimum absolute atomic E-state index is 0.356. The van der Waals surface area contributed by atoms with Crippen molar-refractivity contribution in [2.24, 2.45) is 0 Å². The highest BCUT2D eigenvalue weighted by molar-refractivity contribution is 6.09. The van der Waals surface area contributed by atoms with Gasteiger partial charge in [0, 0.05) is 5.54 Å². The molecule has 6 nitrogen and oxygen atoms in total. The molecule has 2 N–H and O–H groups in total. The van der Waals surface area contributed by atoms with Crippen LogP contribution in [0.1, 0.15) is 39.7 Å². The summed E-state index contributed by atoms with van der Waals surface area (Å²) in [6.07, 6.45) is 0.714. The average molecular weight is 335 g/mol. The van der Waals surface area contributed by atoms with E-state index in [0.29, 0.717) is 12.0 Å². The number of halogens is 1. The van der Waals surface area contributed by atoms with Gasteiger partial charge in [-0.15, -0.1) is 0 Å². The molecule has 7 heteroatoms. The van der Waals surface area contributed by atoms with Crippen LogP contribution < -0.4 is 10.6 Å². The normalized spacial score (nSPS) is 21.0. The van der Waals surface area contributed by atoms with Crippen molar-refractivity contribution in [1.29, 1.82) is 0 Å². The van der Waals surface area contributed by atoms with Crippen LogP contribution >= 0.6 is 0 Å². The van der Waals surface area contributed by atoms with E-state index in [1.54, 1.807) is 0 Å². The molecule has 1 aromatic rings. The summed E-state index contributed by atoms with van der Waals surface area (Å²) in [5, 5.41) is 5.37. The lowest BCUT2D eigenvalue weighted by atomic mass is 9.92. The topological polar surface area (TPSA) is 78.5 Å². The van der Waals surface area contributed by atoms with Gasteiger partial charge in [0.2, 0.25) is 5.91 Å². The molecule has 4 amide bonds. The van der Waals surface area contributed by atoms with E-state index >= 15 is 0 Å². The van der Waals surface area contributed by atoms with Gasteiger partial charge in [0.25, 0.3) is 5.91 Å². The van der Waals surface area contributed by atoms with Crippen LogP contribution in [0.4, 0.5) is 9.18 Å². The van der Waals surface area contributed by atoms with Crippen LogP contribution in [0.25, 0.3) is 0 Å². The van der Waals surface area contributed by atoms with E-state index in [-0.39, 0.29) is 6.54 Å². The van der Waals surface area contributed by atoms with Gasteiger partial charge in [-0.3, -0.25) is 14.5 Å². The van der Waals surface area contributed by atoms with E-state index in [1.165, 1.54) is 31.2 Å². The van der Waals surface area contributed by atoms with Gasteiger partial charge in [-0.2, -0.15) is 0 Å². The third-order valence-corrected chi connectivity index (χ3v) is 4.36. The lowest BCUT2D eigenvalue weighted by molar-refractivity contribution is -0.135. The number of carbonyl (C=O) groups is 3. The molecule has 1 unspecified atom stereocenters. The summed E-state index contributed by atoms with van der Waals surface area (Å²) in [4.78, 5) is 37.8. The highest BCUT2D eigenvalue weighted by Crippen LogP contribution is 2.28. The Morgan fingerprint density at radius 2 is 1.88 bits per heavy atom. The fourth-order valence-electron chi connectivity index (χ4n) is 2.47. The minimum atomic E-state index is -1.31. The molecule has 2 rings (SSSR count). The van der Waals surface area contributed by atoms with Gasteiger partial charge >= 0.3 is 6.03 Å². The number of imide groups is 1. The van der Waals surface area contributed by atoms with Crippen molar-refractivity contribution in [2.45, 2.75) is 45.2 Å². The number of carbonyl (C=O) groups excluding carboxylic acids is 3. The molecule has 1 aliphatic rings. The summed E-state index contributed by atoms with van der Waals surface area (Å²) >= 11 is 0. The first-order valence-electron chi connectivity index (χ1n) is 7.80. The van der Waals surface area contributed by atoms with Gasteiger partial charge in [0.1, 0.15) is 17.9 Å². The second-order valence-electron chi connectivity index (χ2n) is 6.74. The highest BCUT2D eigenvalue weighted by atomic mass is 19.1. The molecule has 1 saturated heterocycles. The Balaban J connectivity index is 2.17. The third kappa shape index (κ3) is 3.39. The summed E-state index contributed by atoms with van der Waals surface area (Å²) < 4.78 is 13.1. The number of hydrogen-bond acceptors (Lipinski definition) is 3. The number of rotatable bonds is 5. The smallest absolute Gasteiger partial charge is 0.325 e. The van der Waals surface area contributed by atoms with Gasteiger partial charge in [-0.25, -0.2) is 9.18 Å². The zero-order valence-electron chi connectivity index (χ0n) is 14.3. The number of nitrogens with zero attached hydrogens (tertiary/aromatic N) is 1. The summed E-state index contributed by atoms with van der Waals surface area (Å²) in [5.41, 5.74) is -1.28. The summed E-state index contributed by atoms with van der Waals surface area (Å²) in [5.74, 6) is -1.38. The second-order valence-corrected chi connectivity index (χ2v) is 6.74. The Bertz CT molecular complexity index is 672. The zero-order valence-corrected chi connectivity index (χ0v) is 14.3. The van der Waals surface area contributed by atoms with E-state index in [4.69, 9.17) is 0 Å². The molecule has 0 bridgehead atoms. The molecule has 1 fully saturated rings. The summed E-state index contributed by atoms with van der Waals surface area (Å²) in [7, 11) is 0. The Morgan fingerprint density at radius 1 is 1.29 bits per heavy atom. The number of hydrogen-bond donors (Lipinski definition) is 2. The Kier molecular flexibility index (Phi) is 4.64. The second kappa shape index (κ2) is 6.22. The van der Waals surface area contributed by atoms with E-state index in [9.17, 15) is 18.8 Å². The largest absolute Gasteiger partial charge is 0.350 e. The van der Waals surface area contributed by atoms with Crippen molar-refractivity contribution in [1.82, 2.24) is 15.5 Å². The van der Waals surface area contributed by atoms with Crippen molar-refractivity contribution in [3.05, 3.63) is 35.6 Å². The minimum Gasteiger partial charge on any atom is -0.350 e. The maximum Gasteiger partial charge on any atom is 0.325 e. The van der Waals surface area contributed by atoms with Gasteiger partial charge in [0.05, 0.1) is 0 Å². The Labute approximate surface area is 140 Å². The maximum atomic E-state index is 13.1. The predicted octanol–water partition coefficient (Wildman–Crippen LogP) is 1.90. The van der Waals surface area contributed by atoms with Crippen LogP contribution in [0.15, 0.2) is 24.3 Å².